The number of rotatable bonds is 26. The van der Waals surface area contributed by atoms with Gasteiger partial charge in [-0.15, -0.1) is 0 Å². The molecule has 7 atom stereocenters. The fourth-order valence-electron chi connectivity index (χ4n) is 4.27. The summed E-state index contributed by atoms with van der Waals surface area (Å²) in [4.78, 5) is 96.8. The van der Waals surface area contributed by atoms with E-state index in [1.807, 2.05) is 0 Å². The number of hydrogen-bond donors (Lipinski definition) is 10. The third-order valence-electron chi connectivity index (χ3n) is 7.32. The second-order valence-electron chi connectivity index (χ2n) is 11.8. The molecule has 0 bridgehead atoms. The van der Waals surface area contributed by atoms with E-state index in [1.54, 1.807) is 6.92 Å². The molecule has 0 spiro atoms. The van der Waals surface area contributed by atoms with Crippen LogP contribution in [0.2, 0.25) is 0 Å². The van der Waals surface area contributed by atoms with E-state index in [9.17, 15) is 38.4 Å². The number of unbranched alkanes of at least 4 members (excludes halogenated alkanes) is 2. The van der Waals surface area contributed by atoms with Gasteiger partial charge in [0.05, 0.1) is 18.1 Å². The number of carbonyl (C=O) groups is 8. The maximum Gasteiger partial charge on any atom is 0.303 e. The lowest BCUT2D eigenvalue weighted by molar-refractivity contribution is -0.137. The van der Waals surface area contributed by atoms with E-state index in [1.165, 1.54) is 20.8 Å². The Labute approximate surface area is 281 Å². The second-order valence-corrected chi connectivity index (χ2v) is 11.8. The number of amides is 6. The van der Waals surface area contributed by atoms with Crippen LogP contribution in [0, 0.1) is 0 Å². The van der Waals surface area contributed by atoms with E-state index >= 15 is 0 Å². The van der Waals surface area contributed by atoms with Gasteiger partial charge in [-0.3, -0.25) is 33.6 Å². The van der Waals surface area contributed by atoms with Crippen LogP contribution in [-0.2, 0) is 38.4 Å². The van der Waals surface area contributed by atoms with Crippen LogP contribution in [0.15, 0.2) is 0 Å². The summed E-state index contributed by atoms with van der Waals surface area (Å²) in [5, 5.41) is 24.4. The molecular formula is C30H55N9O9. The Morgan fingerprint density at radius 3 is 1.71 bits per heavy atom. The van der Waals surface area contributed by atoms with Crippen LogP contribution < -0.4 is 49.1 Å². The van der Waals surface area contributed by atoms with Gasteiger partial charge in [0.2, 0.25) is 35.4 Å². The maximum atomic E-state index is 13.1. The first-order chi connectivity index (χ1) is 22.5. The van der Waals surface area contributed by atoms with Gasteiger partial charge < -0.3 is 59.0 Å². The molecule has 18 heteroatoms. The molecule has 18 nitrogen and oxygen atoms in total. The van der Waals surface area contributed by atoms with Crippen molar-refractivity contribution in [2.75, 3.05) is 13.1 Å². The van der Waals surface area contributed by atoms with Gasteiger partial charge in [0.25, 0.3) is 0 Å². The van der Waals surface area contributed by atoms with Gasteiger partial charge >= 0.3 is 5.97 Å². The van der Waals surface area contributed by atoms with Crippen LogP contribution >= 0.6 is 0 Å². The maximum absolute atomic E-state index is 13.1. The highest BCUT2D eigenvalue weighted by Crippen LogP contribution is 2.06. The van der Waals surface area contributed by atoms with Gasteiger partial charge in [-0.05, 0) is 85.7 Å². The van der Waals surface area contributed by atoms with Gasteiger partial charge in [0, 0.05) is 6.42 Å². The molecule has 0 aromatic rings. The minimum absolute atomic E-state index is 0.0918. The molecule has 0 rings (SSSR count). The van der Waals surface area contributed by atoms with Gasteiger partial charge in [0.1, 0.15) is 30.5 Å². The van der Waals surface area contributed by atoms with Crippen molar-refractivity contribution in [1.29, 1.82) is 0 Å². The first kappa shape index (κ1) is 43.8. The minimum atomic E-state index is -1.10. The zero-order chi connectivity index (χ0) is 36.8. The van der Waals surface area contributed by atoms with Crippen molar-refractivity contribution in [3.63, 3.8) is 0 Å². The van der Waals surface area contributed by atoms with E-state index < -0.39 is 83.7 Å². The molecule has 0 heterocycles. The Kier molecular flexibility index (Phi) is 22.0. The van der Waals surface area contributed by atoms with Crippen LogP contribution in [0.5, 0.6) is 0 Å². The number of aliphatic carboxylic acids is 1. The number of carbonyl (C=O) groups excluding carboxylic acids is 7. The summed E-state index contributed by atoms with van der Waals surface area (Å²) in [6.45, 7) is 6.60. The number of carboxylic acids is 1. The molecule has 0 saturated heterocycles. The average molecular weight is 686 g/mol. The molecule has 0 aromatic heterocycles. The first-order valence-electron chi connectivity index (χ1n) is 16.2. The lowest BCUT2D eigenvalue weighted by Crippen LogP contribution is -2.57. The highest BCUT2D eigenvalue weighted by atomic mass is 16.4. The summed E-state index contributed by atoms with van der Waals surface area (Å²) in [5.41, 5.74) is 16.4. The van der Waals surface area contributed by atoms with Gasteiger partial charge in [0.15, 0.2) is 0 Å². The molecule has 0 aliphatic heterocycles. The molecular weight excluding hydrogens is 630 g/mol. The number of aldehydes is 1. The Morgan fingerprint density at radius 1 is 0.646 bits per heavy atom. The van der Waals surface area contributed by atoms with Crippen LogP contribution in [0.4, 0.5) is 0 Å². The van der Waals surface area contributed by atoms with Crippen molar-refractivity contribution in [3.05, 3.63) is 0 Å². The van der Waals surface area contributed by atoms with Crippen molar-refractivity contribution in [2.45, 2.75) is 128 Å². The first-order valence-corrected chi connectivity index (χ1v) is 16.2. The van der Waals surface area contributed by atoms with Crippen molar-refractivity contribution < 1.29 is 43.5 Å². The predicted molar refractivity (Wildman–Crippen MR) is 176 cm³/mol. The van der Waals surface area contributed by atoms with E-state index in [4.69, 9.17) is 22.3 Å². The fourth-order valence-corrected chi connectivity index (χ4v) is 4.27. The van der Waals surface area contributed by atoms with Crippen LogP contribution in [-0.4, -0.2) is 108 Å². The van der Waals surface area contributed by atoms with Crippen molar-refractivity contribution in [2.24, 2.45) is 17.2 Å². The van der Waals surface area contributed by atoms with Crippen LogP contribution in [0.3, 0.4) is 0 Å². The summed E-state index contributed by atoms with van der Waals surface area (Å²) >= 11 is 0. The van der Waals surface area contributed by atoms with Crippen molar-refractivity contribution in [3.8, 4) is 0 Å². The third kappa shape index (κ3) is 18.9. The number of carboxylic acid groups (broad SMARTS) is 1. The molecule has 0 saturated carbocycles. The van der Waals surface area contributed by atoms with E-state index in [0.29, 0.717) is 57.9 Å². The third-order valence-corrected chi connectivity index (χ3v) is 7.32. The smallest absolute Gasteiger partial charge is 0.303 e. The molecule has 13 N–H and O–H groups in total. The second kappa shape index (κ2) is 24.1. The minimum Gasteiger partial charge on any atom is -0.481 e. The number of nitrogens with two attached hydrogens (primary N) is 3. The van der Waals surface area contributed by atoms with Crippen molar-refractivity contribution in [1.82, 2.24) is 31.9 Å². The molecule has 0 fully saturated rings. The van der Waals surface area contributed by atoms with Gasteiger partial charge in [-0.2, -0.15) is 0 Å². The Balaban J connectivity index is 5.05. The number of nitrogens with one attached hydrogen (secondary N) is 6. The number of primary amides is 1. The monoisotopic (exact) mass is 685 g/mol. The Hall–Kier alpha value is -4.16. The molecule has 0 aliphatic rings. The predicted octanol–water partition coefficient (Wildman–Crippen LogP) is -2.99. The van der Waals surface area contributed by atoms with E-state index in [0.717, 1.165) is 0 Å². The topological polar surface area (TPSA) is 307 Å². The number of hydrogen-bond acceptors (Lipinski definition) is 11. The lowest BCUT2D eigenvalue weighted by Gasteiger charge is -2.24. The molecule has 0 aromatic carbocycles. The van der Waals surface area contributed by atoms with Gasteiger partial charge in [-0.1, -0.05) is 6.42 Å². The largest absolute Gasteiger partial charge is 0.481 e. The normalized spacial score (nSPS) is 15.3. The average Bonchev–Trinajstić information content (AvgIpc) is 3.02. The van der Waals surface area contributed by atoms with Crippen molar-refractivity contribution >= 4 is 47.7 Å². The summed E-state index contributed by atoms with van der Waals surface area (Å²) in [6.07, 6.45) is 3.43. The van der Waals surface area contributed by atoms with Crippen LogP contribution in [0.25, 0.3) is 0 Å². The molecule has 274 valence electrons. The summed E-state index contributed by atoms with van der Waals surface area (Å²) in [5.74, 6) is -4.74. The van der Waals surface area contributed by atoms with E-state index in [2.05, 4.69) is 31.9 Å². The Morgan fingerprint density at radius 2 is 1.17 bits per heavy atom. The quantitative estimate of drug-likeness (QED) is 0.0322. The SMILES string of the molecule is C[C@H](NCCC[C@@H](C=O)NC(=O)[C@@H](C)N)C(=O)N[C@@H](CCCCN)C(=O)N[C@H](C)C(=O)N[C@@H](C)C(=O)N[C@@H](CCCCC(=O)O)C(N)=O. The van der Waals surface area contributed by atoms with Gasteiger partial charge in [-0.25, -0.2) is 0 Å². The lowest BCUT2D eigenvalue weighted by atomic mass is 10.1. The molecule has 0 unspecified atom stereocenters. The van der Waals surface area contributed by atoms with Crippen LogP contribution in [0.1, 0.15) is 85.5 Å². The summed E-state index contributed by atoms with van der Waals surface area (Å²) in [7, 11) is 0. The zero-order valence-corrected chi connectivity index (χ0v) is 28.3. The summed E-state index contributed by atoms with van der Waals surface area (Å²) < 4.78 is 0. The molecule has 0 aliphatic carbocycles. The fraction of sp³-hybridized carbons (Fsp3) is 0.733. The standard InChI is InChI=1S/C30H55N9O9/c1-17(32)26(44)37-21(16-40)10-9-15-34-18(2)27(45)39-23(12-7-8-14-31)30(48)36-19(3)28(46)35-20(4)29(47)38-22(25(33)43)11-5-6-13-24(41)42/h16-23,34H,5-15,31-32H2,1-4H3,(H2,33,43)(H,35,46)(H,36,48)(H,37,44)(H,38,47)(H,39,45)(H,41,42)/t17-,18+,19-,20+,21+,22+,23+/m1/s1. The highest BCUT2D eigenvalue weighted by molar-refractivity contribution is 5.95. The Bertz CT molecular complexity index is 1090. The van der Waals surface area contributed by atoms with E-state index in [-0.39, 0.29) is 19.3 Å². The summed E-state index contributed by atoms with van der Waals surface area (Å²) in [6, 6.07) is -6.44. The highest BCUT2D eigenvalue weighted by Gasteiger charge is 2.28. The molecule has 0 radical (unpaired) electrons. The molecule has 6 amide bonds. The zero-order valence-electron chi connectivity index (χ0n) is 28.3. The molecule has 48 heavy (non-hydrogen) atoms.